The number of rotatable bonds is 4. The van der Waals surface area contributed by atoms with E-state index in [1.807, 2.05) is 11.8 Å². The summed E-state index contributed by atoms with van der Waals surface area (Å²) in [6.45, 7) is 0.690. The number of benzene rings is 1. The smallest absolute Gasteiger partial charge is 0.169 e. The molecule has 2 rings (SSSR count). The molecule has 6 heteroatoms. The molecule has 0 aromatic heterocycles. The lowest BCUT2D eigenvalue weighted by Gasteiger charge is -2.28. The molecule has 0 saturated heterocycles. The van der Waals surface area contributed by atoms with Gasteiger partial charge in [0.2, 0.25) is 0 Å². The Bertz CT molecular complexity index is 475. The van der Waals surface area contributed by atoms with E-state index in [-0.39, 0.29) is 21.1 Å². The molecule has 106 valence electrons. The number of anilines is 3. The molecular weight excluding hydrogens is 285 g/mol. The van der Waals surface area contributed by atoms with Gasteiger partial charge < -0.3 is 16.8 Å². The fourth-order valence-corrected chi connectivity index (χ4v) is 3.63. The number of nitrogen functional groups attached to an aromatic ring is 2. The molecule has 0 bridgehead atoms. The third-order valence-electron chi connectivity index (χ3n) is 3.80. The average molecular weight is 304 g/mol. The Balaban J connectivity index is 2.18. The third-order valence-corrected chi connectivity index (χ3v) is 5.60. The molecule has 0 amide bonds. The summed E-state index contributed by atoms with van der Waals surface area (Å²) in [6, 6.07) is 1.49. The molecule has 5 N–H and O–H groups in total. The summed E-state index contributed by atoms with van der Waals surface area (Å²) >= 11 is 7.65. The maximum atomic E-state index is 14.1. The van der Waals surface area contributed by atoms with Crippen molar-refractivity contribution in [3.63, 3.8) is 0 Å². The molecule has 0 aliphatic heterocycles. The molecular formula is C13H19ClFN3S. The molecule has 0 unspecified atom stereocenters. The van der Waals surface area contributed by atoms with E-state index < -0.39 is 5.82 Å². The lowest BCUT2D eigenvalue weighted by Crippen LogP contribution is -2.30. The van der Waals surface area contributed by atoms with Gasteiger partial charge in [-0.25, -0.2) is 4.39 Å². The van der Waals surface area contributed by atoms with Gasteiger partial charge in [-0.1, -0.05) is 24.4 Å². The molecule has 0 radical (unpaired) electrons. The number of hydrogen-bond acceptors (Lipinski definition) is 4. The fourth-order valence-electron chi connectivity index (χ4n) is 2.57. The van der Waals surface area contributed by atoms with E-state index in [0.29, 0.717) is 12.2 Å². The Labute approximate surface area is 122 Å². The van der Waals surface area contributed by atoms with Gasteiger partial charge in [-0.15, -0.1) is 0 Å². The Morgan fingerprint density at radius 1 is 1.37 bits per heavy atom. The van der Waals surface area contributed by atoms with Crippen LogP contribution in [0.15, 0.2) is 6.07 Å². The minimum absolute atomic E-state index is 0.0682. The molecule has 1 aromatic rings. The Morgan fingerprint density at radius 2 is 2.00 bits per heavy atom. The molecule has 0 atom stereocenters. The van der Waals surface area contributed by atoms with E-state index in [1.165, 1.54) is 18.9 Å². The van der Waals surface area contributed by atoms with Crippen LogP contribution in [-0.2, 0) is 0 Å². The SMILES string of the molecule is CSC1(CNc2c(N)cc(N)c(Cl)c2F)CCCC1. The lowest BCUT2D eigenvalue weighted by molar-refractivity contribution is 0.616. The topological polar surface area (TPSA) is 64.1 Å². The number of nitrogens with two attached hydrogens (primary N) is 2. The van der Waals surface area contributed by atoms with Crippen molar-refractivity contribution in [2.45, 2.75) is 30.4 Å². The normalized spacial score (nSPS) is 17.6. The molecule has 1 fully saturated rings. The molecule has 0 spiro atoms. The number of nitrogens with one attached hydrogen (secondary N) is 1. The minimum Gasteiger partial charge on any atom is -0.397 e. The first-order valence-electron chi connectivity index (χ1n) is 6.31. The van der Waals surface area contributed by atoms with Gasteiger partial charge in [0, 0.05) is 11.3 Å². The first-order valence-corrected chi connectivity index (χ1v) is 7.91. The molecule has 1 saturated carbocycles. The van der Waals surface area contributed by atoms with Crippen LogP contribution in [0, 0.1) is 5.82 Å². The summed E-state index contributed by atoms with van der Waals surface area (Å²) < 4.78 is 14.2. The number of halogens is 2. The van der Waals surface area contributed by atoms with Crippen molar-refractivity contribution >= 4 is 40.4 Å². The minimum atomic E-state index is -0.562. The maximum absolute atomic E-state index is 14.1. The van der Waals surface area contributed by atoms with Crippen molar-refractivity contribution in [1.82, 2.24) is 0 Å². The van der Waals surface area contributed by atoms with Gasteiger partial charge in [0.25, 0.3) is 0 Å². The van der Waals surface area contributed by atoms with E-state index in [2.05, 4.69) is 11.6 Å². The van der Waals surface area contributed by atoms with Gasteiger partial charge >= 0.3 is 0 Å². The van der Waals surface area contributed by atoms with Crippen LogP contribution in [-0.4, -0.2) is 17.5 Å². The molecule has 1 aromatic carbocycles. The van der Waals surface area contributed by atoms with Crippen LogP contribution in [0.1, 0.15) is 25.7 Å². The predicted octanol–water partition coefficient (Wildman–Crippen LogP) is 3.73. The average Bonchev–Trinajstić information content (AvgIpc) is 2.85. The van der Waals surface area contributed by atoms with Gasteiger partial charge in [0.15, 0.2) is 5.82 Å². The lowest BCUT2D eigenvalue weighted by atomic mass is 10.1. The molecule has 1 aliphatic rings. The van der Waals surface area contributed by atoms with Crippen LogP contribution in [0.25, 0.3) is 0 Å². The van der Waals surface area contributed by atoms with E-state index in [4.69, 9.17) is 23.1 Å². The Kier molecular flexibility index (Phi) is 4.36. The quantitative estimate of drug-likeness (QED) is 0.742. The van der Waals surface area contributed by atoms with Crippen molar-refractivity contribution < 1.29 is 4.39 Å². The number of hydrogen-bond donors (Lipinski definition) is 3. The summed E-state index contributed by atoms with van der Waals surface area (Å²) in [4.78, 5) is 0. The number of thioether (sulfide) groups is 1. The van der Waals surface area contributed by atoms with Crippen LogP contribution >= 0.6 is 23.4 Å². The van der Waals surface area contributed by atoms with Crippen LogP contribution < -0.4 is 16.8 Å². The van der Waals surface area contributed by atoms with Gasteiger partial charge in [-0.05, 0) is 25.2 Å². The van der Waals surface area contributed by atoms with Gasteiger partial charge in [-0.3, -0.25) is 0 Å². The summed E-state index contributed by atoms with van der Waals surface area (Å²) in [5.41, 5.74) is 12.1. The van der Waals surface area contributed by atoms with E-state index >= 15 is 0 Å². The molecule has 3 nitrogen and oxygen atoms in total. The van der Waals surface area contributed by atoms with E-state index in [9.17, 15) is 4.39 Å². The van der Waals surface area contributed by atoms with E-state index in [1.54, 1.807) is 0 Å². The van der Waals surface area contributed by atoms with Gasteiger partial charge in [-0.2, -0.15) is 11.8 Å². The Morgan fingerprint density at radius 3 is 2.58 bits per heavy atom. The van der Waals surface area contributed by atoms with Crippen LogP contribution in [0.5, 0.6) is 0 Å². The molecule has 1 aliphatic carbocycles. The first kappa shape index (κ1) is 14.6. The highest BCUT2D eigenvalue weighted by molar-refractivity contribution is 8.00. The van der Waals surface area contributed by atoms with Gasteiger partial charge in [0.1, 0.15) is 5.02 Å². The maximum Gasteiger partial charge on any atom is 0.169 e. The zero-order valence-corrected chi connectivity index (χ0v) is 12.5. The summed E-state index contributed by atoms with van der Waals surface area (Å²) in [6.07, 6.45) is 6.84. The second-order valence-corrected chi connectivity index (χ2v) is 6.66. The standard InChI is InChI=1S/C13H19ClFN3S/c1-19-13(4-2-3-5-13)7-18-12-9(17)6-8(16)10(14)11(12)15/h6,18H,2-5,7,16-17H2,1H3. The molecule has 19 heavy (non-hydrogen) atoms. The van der Waals surface area contributed by atoms with Crippen molar-refractivity contribution in [2.75, 3.05) is 29.6 Å². The highest BCUT2D eigenvalue weighted by Gasteiger charge is 2.33. The third kappa shape index (κ3) is 2.87. The summed E-state index contributed by atoms with van der Waals surface area (Å²) in [5.74, 6) is -0.562. The Hall–Kier alpha value is -0.810. The zero-order valence-electron chi connectivity index (χ0n) is 10.9. The largest absolute Gasteiger partial charge is 0.397 e. The van der Waals surface area contributed by atoms with Crippen molar-refractivity contribution in [1.29, 1.82) is 0 Å². The van der Waals surface area contributed by atoms with Crippen molar-refractivity contribution in [2.24, 2.45) is 0 Å². The molecule has 0 heterocycles. The second-order valence-electron chi connectivity index (χ2n) is 5.01. The monoisotopic (exact) mass is 303 g/mol. The second kappa shape index (κ2) is 5.67. The highest BCUT2D eigenvalue weighted by Crippen LogP contribution is 2.41. The van der Waals surface area contributed by atoms with E-state index in [0.717, 1.165) is 12.8 Å². The zero-order chi connectivity index (χ0) is 14.0. The van der Waals surface area contributed by atoms with Crippen LogP contribution in [0.2, 0.25) is 5.02 Å². The fraction of sp³-hybridized carbons (Fsp3) is 0.538. The van der Waals surface area contributed by atoms with Crippen LogP contribution in [0.4, 0.5) is 21.5 Å². The van der Waals surface area contributed by atoms with Crippen molar-refractivity contribution in [3.05, 3.63) is 16.9 Å². The van der Waals surface area contributed by atoms with Crippen LogP contribution in [0.3, 0.4) is 0 Å². The highest BCUT2D eigenvalue weighted by atomic mass is 35.5. The summed E-state index contributed by atoms with van der Waals surface area (Å²) in [5, 5.41) is 3.05. The predicted molar refractivity (Wildman–Crippen MR) is 83.4 cm³/mol. The van der Waals surface area contributed by atoms with Gasteiger partial charge in [0.05, 0.1) is 17.1 Å². The van der Waals surface area contributed by atoms with Crippen molar-refractivity contribution in [3.8, 4) is 0 Å². The first-order chi connectivity index (χ1) is 8.99. The summed E-state index contributed by atoms with van der Waals surface area (Å²) in [7, 11) is 0.